The van der Waals surface area contributed by atoms with E-state index in [0.717, 1.165) is 29.0 Å². The van der Waals surface area contributed by atoms with Gasteiger partial charge in [-0.2, -0.15) is 9.97 Å². The number of piperidine rings is 1. The third kappa shape index (κ3) is 5.18. The fraction of sp³-hybridized carbons (Fsp3) is 0.250. The highest BCUT2D eigenvalue weighted by molar-refractivity contribution is 7.99. The van der Waals surface area contributed by atoms with Crippen LogP contribution < -0.4 is 32.8 Å². The molecule has 15 heteroatoms. The van der Waals surface area contributed by atoms with Gasteiger partial charge in [0.25, 0.3) is 11.5 Å². The van der Waals surface area contributed by atoms with Crippen LogP contribution in [0.5, 0.6) is 5.88 Å². The number of anilines is 3. The first-order chi connectivity index (χ1) is 18.6. The number of pyridine rings is 1. The van der Waals surface area contributed by atoms with Crippen molar-refractivity contribution in [1.29, 1.82) is 0 Å². The van der Waals surface area contributed by atoms with Gasteiger partial charge in [-0.1, -0.05) is 35.5 Å². The molecule has 0 bridgehead atoms. The second-order valence-corrected chi connectivity index (χ2v) is 10.8. The molecule has 0 saturated carbocycles. The number of halogens is 1. The molecule has 1 fully saturated rings. The summed E-state index contributed by atoms with van der Waals surface area (Å²) in [6.07, 6.45) is 3.02. The monoisotopic (exact) mass is 568 g/mol. The number of hydrazine groups is 1. The summed E-state index contributed by atoms with van der Waals surface area (Å²) >= 11 is 7.70. The van der Waals surface area contributed by atoms with E-state index in [1.807, 2.05) is 11.8 Å². The first-order valence-electron chi connectivity index (χ1n) is 11.9. The second kappa shape index (κ2) is 10.3. The van der Waals surface area contributed by atoms with Crippen molar-refractivity contribution in [3.63, 3.8) is 0 Å². The summed E-state index contributed by atoms with van der Waals surface area (Å²) in [5, 5.41) is 19.9. The maximum atomic E-state index is 13.2. The van der Waals surface area contributed by atoms with E-state index in [-0.39, 0.29) is 27.7 Å². The smallest absolute Gasteiger partial charge is 0.283 e. The van der Waals surface area contributed by atoms with E-state index in [4.69, 9.17) is 28.9 Å². The maximum Gasteiger partial charge on any atom is 0.283 e. The molecular weight excluding hydrogens is 544 g/mol. The van der Waals surface area contributed by atoms with E-state index in [1.54, 1.807) is 24.3 Å². The van der Waals surface area contributed by atoms with Crippen molar-refractivity contribution in [2.45, 2.75) is 35.2 Å². The molecule has 0 radical (unpaired) electrons. The third-order valence-electron chi connectivity index (χ3n) is 6.42. The van der Waals surface area contributed by atoms with E-state index in [1.165, 1.54) is 18.3 Å². The average Bonchev–Trinajstić information content (AvgIpc) is 2.90. The summed E-state index contributed by atoms with van der Waals surface area (Å²) in [6.45, 7) is 3.41. The molecule has 7 N–H and O–H groups in total. The van der Waals surface area contributed by atoms with Crippen LogP contribution in [-0.4, -0.2) is 54.2 Å². The summed E-state index contributed by atoms with van der Waals surface area (Å²) in [4.78, 5) is 36.9. The SMILES string of the molecule is CC1(N)CCN(c2nnc(Sc3cccc(N(N)C(=O)c4c(O)nc5ccccn5c4=O)c3Cl)c(N)n2)CC1. The van der Waals surface area contributed by atoms with Gasteiger partial charge in [0.2, 0.25) is 11.8 Å². The first kappa shape index (κ1) is 26.6. The van der Waals surface area contributed by atoms with Crippen LogP contribution >= 0.6 is 23.4 Å². The molecule has 1 aliphatic heterocycles. The lowest BCUT2D eigenvalue weighted by Crippen LogP contribution is -2.48. The predicted octanol–water partition coefficient (Wildman–Crippen LogP) is 1.81. The highest BCUT2D eigenvalue weighted by atomic mass is 35.5. The zero-order chi connectivity index (χ0) is 27.9. The molecule has 3 aromatic heterocycles. The summed E-state index contributed by atoms with van der Waals surface area (Å²) < 4.78 is 1.13. The Labute approximate surface area is 231 Å². The van der Waals surface area contributed by atoms with Crippen molar-refractivity contribution in [2.24, 2.45) is 11.6 Å². The Bertz CT molecular complexity index is 1640. The van der Waals surface area contributed by atoms with Crippen LogP contribution in [0.2, 0.25) is 5.02 Å². The van der Waals surface area contributed by atoms with Crippen LogP contribution in [0, 0.1) is 0 Å². The molecule has 0 unspecified atom stereocenters. The van der Waals surface area contributed by atoms with Gasteiger partial charge in [0.1, 0.15) is 5.65 Å². The number of hydrogen-bond acceptors (Lipinski definition) is 12. The molecular formula is C24H25ClN10O3S. The minimum Gasteiger partial charge on any atom is -0.493 e. The molecule has 202 valence electrons. The molecule has 1 aromatic carbocycles. The van der Waals surface area contributed by atoms with Crippen molar-refractivity contribution in [3.05, 3.63) is 63.5 Å². The molecule has 4 aromatic rings. The van der Waals surface area contributed by atoms with Crippen LogP contribution in [0.15, 0.2) is 57.3 Å². The van der Waals surface area contributed by atoms with Crippen molar-refractivity contribution in [1.82, 2.24) is 24.6 Å². The average molecular weight is 569 g/mol. The van der Waals surface area contributed by atoms with Gasteiger partial charge in [-0.15, -0.1) is 10.2 Å². The van der Waals surface area contributed by atoms with Gasteiger partial charge in [-0.05, 0) is 44.0 Å². The van der Waals surface area contributed by atoms with Gasteiger partial charge >= 0.3 is 0 Å². The van der Waals surface area contributed by atoms with Crippen LogP contribution in [0.3, 0.4) is 0 Å². The molecule has 0 spiro atoms. The lowest BCUT2D eigenvalue weighted by Gasteiger charge is -2.36. The highest BCUT2D eigenvalue weighted by Gasteiger charge is 2.29. The number of carbonyl (C=O) groups excluding carboxylic acids is 1. The van der Waals surface area contributed by atoms with Gasteiger partial charge in [0.15, 0.2) is 16.4 Å². The van der Waals surface area contributed by atoms with Crippen LogP contribution in [-0.2, 0) is 0 Å². The number of aromatic nitrogens is 5. The number of amides is 1. The topological polar surface area (TPSA) is 195 Å². The number of hydrogen-bond donors (Lipinski definition) is 4. The number of benzene rings is 1. The van der Waals surface area contributed by atoms with E-state index in [2.05, 4.69) is 20.2 Å². The number of aromatic hydroxyl groups is 1. The second-order valence-electron chi connectivity index (χ2n) is 9.35. The Morgan fingerprint density at radius 2 is 1.90 bits per heavy atom. The molecule has 0 atom stereocenters. The molecule has 1 aliphatic rings. The zero-order valence-corrected chi connectivity index (χ0v) is 22.4. The molecule has 0 aliphatic carbocycles. The van der Waals surface area contributed by atoms with Crippen molar-refractivity contribution < 1.29 is 9.90 Å². The maximum absolute atomic E-state index is 13.2. The highest BCUT2D eigenvalue weighted by Crippen LogP contribution is 2.39. The quantitative estimate of drug-likeness (QED) is 0.155. The summed E-state index contributed by atoms with van der Waals surface area (Å²) in [7, 11) is 0. The minimum atomic E-state index is -0.993. The Hall–Kier alpha value is -3.98. The van der Waals surface area contributed by atoms with Crippen LogP contribution in [0.25, 0.3) is 5.65 Å². The Morgan fingerprint density at radius 1 is 1.15 bits per heavy atom. The summed E-state index contributed by atoms with van der Waals surface area (Å²) in [5.74, 6) is 4.93. The van der Waals surface area contributed by atoms with E-state index in [9.17, 15) is 14.7 Å². The first-order valence-corrected chi connectivity index (χ1v) is 13.0. The number of rotatable bonds is 5. The molecule has 1 amide bonds. The lowest BCUT2D eigenvalue weighted by atomic mass is 9.91. The molecule has 4 heterocycles. The Balaban J connectivity index is 1.39. The zero-order valence-electron chi connectivity index (χ0n) is 20.8. The van der Waals surface area contributed by atoms with Crippen LogP contribution in [0.1, 0.15) is 30.1 Å². The minimum absolute atomic E-state index is 0.0814. The fourth-order valence-corrected chi connectivity index (χ4v) is 5.22. The molecule has 39 heavy (non-hydrogen) atoms. The number of nitrogens with two attached hydrogens (primary N) is 3. The number of nitrogen functional groups attached to an aromatic ring is 1. The van der Waals surface area contributed by atoms with Gasteiger partial charge < -0.3 is 21.5 Å². The van der Waals surface area contributed by atoms with Crippen molar-refractivity contribution >= 4 is 52.4 Å². The number of nitrogens with zero attached hydrogens (tertiary/aromatic N) is 7. The van der Waals surface area contributed by atoms with E-state index in [0.29, 0.717) is 34.0 Å². The van der Waals surface area contributed by atoms with Crippen LogP contribution in [0.4, 0.5) is 17.5 Å². The van der Waals surface area contributed by atoms with Gasteiger partial charge in [-0.3, -0.25) is 14.0 Å². The lowest BCUT2D eigenvalue weighted by molar-refractivity contribution is 0.0982. The fourth-order valence-electron chi connectivity index (χ4n) is 4.11. The van der Waals surface area contributed by atoms with Gasteiger partial charge in [0.05, 0.1) is 10.7 Å². The predicted molar refractivity (Wildman–Crippen MR) is 148 cm³/mol. The van der Waals surface area contributed by atoms with E-state index < -0.39 is 22.9 Å². The normalized spacial score (nSPS) is 14.9. The largest absolute Gasteiger partial charge is 0.493 e. The molecule has 13 nitrogen and oxygen atoms in total. The van der Waals surface area contributed by atoms with E-state index >= 15 is 0 Å². The molecule has 1 saturated heterocycles. The van der Waals surface area contributed by atoms with Crippen molar-refractivity contribution in [2.75, 3.05) is 28.7 Å². The van der Waals surface area contributed by atoms with Crippen molar-refractivity contribution in [3.8, 4) is 5.88 Å². The van der Waals surface area contributed by atoms with Gasteiger partial charge in [-0.25, -0.2) is 10.9 Å². The van der Waals surface area contributed by atoms with Gasteiger partial charge in [0, 0.05) is 29.7 Å². The standard InChI is InChI=1S/C24H25ClN10O3S/c1-24(27)8-11-33(12-9-24)23-30-18(26)20(31-32-23)39-14-6-4-5-13(17(14)25)35(28)22(38)16-19(36)29-15-7-2-3-10-34(15)21(16)37/h2-7,10,36H,8-9,11-12,27-28H2,1H3,(H2,26,30,32). The molecule has 5 rings (SSSR count). The number of fused-ring (bicyclic) bond motifs is 1. The Morgan fingerprint density at radius 3 is 2.62 bits per heavy atom. The number of carbonyl (C=O) groups is 1. The summed E-state index contributed by atoms with van der Waals surface area (Å²) in [6, 6.07) is 9.55. The third-order valence-corrected chi connectivity index (χ3v) is 7.97. The summed E-state index contributed by atoms with van der Waals surface area (Å²) in [5.41, 5.74) is 11.1. The Kier molecular flexibility index (Phi) is 7.03.